The van der Waals surface area contributed by atoms with E-state index in [0.717, 1.165) is 11.1 Å². The molecule has 3 amide bonds. The van der Waals surface area contributed by atoms with Gasteiger partial charge in [0.15, 0.2) is 0 Å². The molecule has 7 N–H and O–H groups in total. The van der Waals surface area contributed by atoms with Crippen molar-refractivity contribution in [1.82, 2.24) is 9.88 Å². The number of nitrogens with zero attached hydrogens (tertiary/aromatic N) is 1. The Morgan fingerprint density at radius 1 is 0.875 bits per heavy atom. The van der Waals surface area contributed by atoms with Crippen LogP contribution in [-0.4, -0.2) is 39.7 Å². The number of primary amides is 1. The number of aromatic hydroxyl groups is 2. The van der Waals surface area contributed by atoms with Crippen LogP contribution >= 0.6 is 0 Å². The van der Waals surface area contributed by atoms with Gasteiger partial charge in [-0.05, 0) is 93.5 Å². The number of urea groups is 1. The summed E-state index contributed by atoms with van der Waals surface area (Å²) in [6, 6.07) is 21.4. The molecule has 0 fully saturated rings. The summed E-state index contributed by atoms with van der Waals surface area (Å²) in [5.41, 5.74) is 6.55. The average molecular weight is 679 g/mol. The van der Waals surface area contributed by atoms with E-state index in [1.165, 1.54) is 28.8 Å². The van der Waals surface area contributed by atoms with Crippen LogP contribution < -0.4 is 20.6 Å². The fourth-order valence-corrected chi connectivity index (χ4v) is 6.53. The molecule has 0 saturated carbocycles. The number of hydrogen-bond donors (Lipinski definition) is 6. The highest BCUT2D eigenvalue weighted by molar-refractivity contribution is 7.81. The molecule has 2 atom stereocenters. The molecule has 0 aliphatic rings. The molecule has 2 unspecified atom stereocenters. The summed E-state index contributed by atoms with van der Waals surface area (Å²) in [5, 5.41) is 28.1. The van der Waals surface area contributed by atoms with E-state index in [1.807, 2.05) is 58.0 Å². The van der Waals surface area contributed by atoms with Crippen LogP contribution in [0.15, 0.2) is 78.9 Å². The number of nitrogens with two attached hydrogens (primary N) is 1. The van der Waals surface area contributed by atoms with E-state index >= 15 is 0 Å². The van der Waals surface area contributed by atoms with Gasteiger partial charge in [0.1, 0.15) is 5.75 Å². The minimum atomic E-state index is -4.66. The number of carbonyl (C=O) groups excluding carboxylic acids is 2. The summed E-state index contributed by atoms with van der Waals surface area (Å²) >= 11 is 0. The zero-order valence-corrected chi connectivity index (χ0v) is 28.6. The highest BCUT2D eigenvalue weighted by Crippen LogP contribution is 2.49. The largest absolute Gasteiger partial charge is 0.494 e. The number of rotatable bonds is 12. The Labute approximate surface area is 280 Å². The maximum absolute atomic E-state index is 13.2. The molecule has 3 aromatic carbocycles. The van der Waals surface area contributed by atoms with Crippen molar-refractivity contribution in [3.05, 3.63) is 101 Å². The van der Waals surface area contributed by atoms with Crippen molar-refractivity contribution in [3.63, 3.8) is 0 Å². The van der Waals surface area contributed by atoms with Gasteiger partial charge in [-0.3, -0.25) is 13.9 Å². The van der Waals surface area contributed by atoms with Crippen LogP contribution in [0.3, 0.4) is 0 Å². The second kappa shape index (κ2) is 13.2. The summed E-state index contributed by atoms with van der Waals surface area (Å²) in [4.78, 5) is 26.1. The topological polar surface area (TPSA) is 193 Å². The van der Waals surface area contributed by atoms with Crippen molar-refractivity contribution in [2.24, 2.45) is 5.73 Å². The van der Waals surface area contributed by atoms with Crippen molar-refractivity contribution in [2.75, 3.05) is 5.32 Å². The van der Waals surface area contributed by atoms with Crippen LogP contribution in [-0.2, 0) is 31.6 Å². The van der Waals surface area contributed by atoms with Crippen molar-refractivity contribution in [2.45, 2.75) is 70.8 Å². The van der Waals surface area contributed by atoms with Crippen LogP contribution in [0.4, 0.5) is 10.5 Å². The molecule has 0 saturated heterocycles. The molecule has 4 aromatic rings. The number of para-hydroxylation sites is 1. The second-order valence-corrected chi connectivity index (χ2v) is 13.9. The normalized spacial score (nSPS) is 14.4. The summed E-state index contributed by atoms with van der Waals surface area (Å²) in [7, 11) is -4.66. The Morgan fingerprint density at radius 2 is 1.44 bits per heavy atom. The summed E-state index contributed by atoms with van der Waals surface area (Å²) < 4.78 is 36.3. The summed E-state index contributed by atoms with van der Waals surface area (Å²) in [5.74, 6) is -1.18. The van der Waals surface area contributed by atoms with Gasteiger partial charge in [-0.25, -0.2) is 4.79 Å². The smallest absolute Gasteiger partial charge is 0.446 e. The van der Waals surface area contributed by atoms with Gasteiger partial charge in [0.2, 0.25) is 17.7 Å². The predicted molar refractivity (Wildman–Crippen MR) is 183 cm³/mol. The first kappa shape index (κ1) is 35.8. The van der Waals surface area contributed by atoms with Gasteiger partial charge in [-0.15, -0.1) is 0 Å². The van der Waals surface area contributed by atoms with Gasteiger partial charge in [0.25, 0.3) is 0 Å². The molecule has 0 bridgehead atoms. The minimum Gasteiger partial charge on any atom is -0.494 e. The third kappa shape index (κ3) is 7.42. The zero-order chi connectivity index (χ0) is 35.7. The van der Waals surface area contributed by atoms with Crippen LogP contribution in [0.1, 0.15) is 69.7 Å². The summed E-state index contributed by atoms with van der Waals surface area (Å²) in [6.45, 7) is 11.0. The molecule has 1 aromatic heterocycles. The summed E-state index contributed by atoms with van der Waals surface area (Å²) in [6.07, 6.45) is 0.856. The first-order valence-electron chi connectivity index (χ1n) is 15.3. The Balaban J connectivity index is 1.56. The number of nitrogens with one attached hydrogen (secondary N) is 2. The van der Waals surface area contributed by atoms with Gasteiger partial charge in [0.05, 0.1) is 16.6 Å². The van der Waals surface area contributed by atoms with Crippen molar-refractivity contribution < 1.29 is 37.0 Å². The van der Waals surface area contributed by atoms with Gasteiger partial charge >= 0.3 is 16.4 Å². The fourth-order valence-electron chi connectivity index (χ4n) is 6.17. The number of hydrogen-bond acceptors (Lipinski definition) is 7. The molecule has 1 heterocycles. The molecule has 4 rings (SSSR count). The molecule has 48 heavy (non-hydrogen) atoms. The number of aromatic nitrogens is 1. The lowest BCUT2D eigenvalue weighted by Crippen LogP contribution is -2.44. The third-order valence-corrected chi connectivity index (χ3v) is 9.44. The maximum Gasteiger partial charge on any atom is 0.446 e. The Hall–Kier alpha value is -5.01. The number of carbonyl (C=O) groups is 2. The first-order chi connectivity index (χ1) is 22.3. The van der Waals surface area contributed by atoms with E-state index in [-0.39, 0.29) is 29.5 Å². The highest BCUT2D eigenvalue weighted by atomic mass is 32.3. The number of benzene rings is 3. The second-order valence-electron chi connectivity index (χ2n) is 12.9. The van der Waals surface area contributed by atoms with E-state index in [9.17, 15) is 28.2 Å². The van der Waals surface area contributed by atoms with Crippen LogP contribution in [0.5, 0.6) is 17.5 Å². The van der Waals surface area contributed by atoms with Gasteiger partial charge < -0.3 is 30.8 Å². The van der Waals surface area contributed by atoms with E-state index in [1.54, 1.807) is 38.1 Å². The monoisotopic (exact) mass is 678 g/mol. The van der Waals surface area contributed by atoms with Gasteiger partial charge in [-0.1, -0.05) is 56.3 Å². The van der Waals surface area contributed by atoms with Crippen LogP contribution in [0.25, 0.3) is 5.69 Å². The van der Waals surface area contributed by atoms with Crippen LogP contribution in [0.2, 0.25) is 0 Å². The molecular weight excluding hydrogens is 636 g/mol. The maximum atomic E-state index is 13.2. The van der Waals surface area contributed by atoms with E-state index in [2.05, 4.69) is 14.8 Å². The van der Waals surface area contributed by atoms with Crippen molar-refractivity contribution in [1.29, 1.82) is 0 Å². The van der Waals surface area contributed by atoms with Crippen LogP contribution in [0, 0.1) is 6.92 Å². The molecule has 13 heteroatoms. The van der Waals surface area contributed by atoms with Crippen molar-refractivity contribution in [3.8, 4) is 23.2 Å². The molecule has 0 radical (unpaired) electrons. The lowest BCUT2D eigenvalue weighted by Gasteiger charge is -2.38. The molecule has 12 nitrogen and oxygen atoms in total. The highest BCUT2D eigenvalue weighted by Gasteiger charge is 2.46. The molecule has 0 aliphatic heterocycles. The molecule has 0 spiro atoms. The SMILES string of the molecule is CCC(C)(CC(C)(C(N)=O)c1c(C)c(O)n(-c2ccccc2)c1O)c1ccc(C(C)(C)NC(=O)Nc2ccc(OS(=O)(=O)O)cc2)cc1. The van der Waals surface area contributed by atoms with E-state index < -0.39 is 38.7 Å². The predicted octanol–water partition coefficient (Wildman–Crippen LogP) is 5.94. The first-order valence-corrected chi connectivity index (χ1v) is 16.6. The third-order valence-electron chi connectivity index (χ3n) is 9.03. The number of amides is 3. The van der Waals surface area contributed by atoms with E-state index in [0.29, 0.717) is 23.4 Å². The Kier molecular flexibility index (Phi) is 9.89. The standard InChI is InChI=1S/C35H42N4O8S/c1-7-34(5,21-35(6,31(36)42)28-22(2)29(40)39(30(28)41)26-11-9-8-10-12-26)24-15-13-23(14-16-24)33(3,4)38-32(43)37-25-17-19-27(20-18-25)47-48(44,45)46/h8-20,40-41H,7,21H2,1-6H3,(H2,36,42)(H2,37,38,43)(H,44,45,46). The Bertz CT molecular complexity index is 1910. The quantitative estimate of drug-likeness (QED) is 0.0992. The Morgan fingerprint density at radius 3 is 1.96 bits per heavy atom. The zero-order valence-electron chi connectivity index (χ0n) is 27.7. The molecule has 0 aliphatic carbocycles. The molecular formula is C35H42N4O8S. The van der Waals surface area contributed by atoms with Gasteiger partial charge in [0, 0.05) is 16.8 Å². The van der Waals surface area contributed by atoms with Gasteiger partial charge in [-0.2, -0.15) is 8.42 Å². The molecule has 256 valence electrons. The fraction of sp³-hybridized carbons (Fsp3) is 0.314. The minimum absolute atomic E-state index is 0.116. The number of anilines is 1. The average Bonchev–Trinajstić information content (AvgIpc) is 3.24. The van der Waals surface area contributed by atoms with E-state index in [4.69, 9.17) is 10.3 Å². The van der Waals surface area contributed by atoms with Crippen molar-refractivity contribution >= 4 is 28.0 Å². The lowest BCUT2D eigenvalue weighted by atomic mass is 9.64. The lowest BCUT2D eigenvalue weighted by molar-refractivity contribution is -0.123.